The molecule has 1 N–H and O–H groups in total. The van der Waals surface area contributed by atoms with E-state index in [0.717, 1.165) is 4.90 Å². The van der Waals surface area contributed by atoms with Crippen LogP contribution in [-0.4, -0.2) is 34.4 Å². The van der Waals surface area contributed by atoms with E-state index in [1.54, 1.807) is 38.1 Å². The fourth-order valence-corrected chi connectivity index (χ4v) is 2.33. The Bertz CT molecular complexity index is 661. The van der Waals surface area contributed by atoms with Gasteiger partial charge in [-0.05, 0) is 24.5 Å². The average Bonchev–Trinajstić information content (AvgIpc) is 2.82. The SMILES string of the molecule is [2H][C@@](CC(C)C)(C(=O)O)N1CC(Oc2ccccc2Cl)=CC1=O. The summed E-state index contributed by atoms with van der Waals surface area (Å²) in [5.41, 5.74) is 0. The lowest BCUT2D eigenvalue weighted by atomic mass is 10.0. The molecule has 0 spiro atoms. The van der Waals surface area contributed by atoms with Gasteiger partial charge in [-0.15, -0.1) is 0 Å². The number of aliphatic carboxylic acids is 1. The molecular formula is C16H18ClNO4. The molecule has 1 heterocycles. The number of amides is 1. The number of ether oxygens (including phenoxy) is 1. The van der Waals surface area contributed by atoms with Crippen LogP contribution in [0.25, 0.3) is 0 Å². The zero-order valence-corrected chi connectivity index (χ0v) is 13.1. The van der Waals surface area contributed by atoms with Crippen molar-refractivity contribution in [2.75, 3.05) is 6.54 Å². The normalized spacial score (nSPS) is 18.0. The molecule has 5 nitrogen and oxygen atoms in total. The number of halogens is 1. The molecule has 1 aliphatic heterocycles. The molecule has 6 heteroatoms. The van der Waals surface area contributed by atoms with Crippen LogP contribution in [0.15, 0.2) is 36.1 Å². The van der Waals surface area contributed by atoms with Crippen LogP contribution in [0.1, 0.15) is 21.6 Å². The second kappa shape index (κ2) is 6.83. The average molecular weight is 325 g/mol. The number of hydrogen-bond acceptors (Lipinski definition) is 3. The maximum Gasteiger partial charge on any atom is 0.326 e. The van der Waals surface area contributed by atoms with Gasteiger partial charge in [-0.25, -0.2) is 4.79 Å². The highest BCUT2D eigenvalue weighted by atomic mass is 35.5. The Kier molecular flexibility index (Phi) is 4.63. The van der Waals surface area contributed by atoms with Gasteiger partial charge in [-0.2, -0.15) is 0 Å². The first-order chi connectivity index (χ1) is 10.7. The van der Waals surface area contributed by atoms with Crippen molar-refractivity contribution in [1.82, 2.24) is 4.90 Å². The largest absolute Gasteiger partial charge is 0.480 e. The molecule has 1 aliphatic rings. The lowest BCUT2D eigenvalue weighted by Gasteiger charge is -2.25. The molecule has 0 bridgehead atoms. The molecule has 1 atom stereocenters. The van der Waals surface area contributed by atoms with E-state index in [2.05, 4.69) is 0 Å². The van der Waals surface area contributed by atoms with Crippen molar-refractivity contribution in [2.45, 2.75) is 26.3 Å². The lowest BCUT2D eigenvalue weighted by Crippen LogP contribution is -2.43. The van der Waals surface area contributed by atoms with Crippen LogP contribution in [0.3, 0.4) is 0 Å². The Balaban J connectivity index is 2.19. The lowest BCUT2D eigenvalue weighted by molar-refractivity contribution is -0.148. The summed E-state index contributed by atoms with van der Waals surface area (Å²) in [6, 6.07) is 4.76. The van der Waals surface area contributed by atoms with Crippen LogP contribution < -0.4 is 4.74 Å². The molecule has 0 aliphatic carbocycles. The van der Waals surface area contributed by atoms with E-state index in [1.165, 1.54) is 6.08 Å². The topological polar surface area (TPSA) is 66.8 Å². The number of carboxylic acid groups (broad SMARTS) is 1. The van der Waals surface area contributed by atoms with Crippen LogP contribution in [0.4, 0.5) is 0 Å². The van der Waals surface area contributed by atoms with Gasteiger partial charge in [0.25, 0.3) is 5.91 Å². The quantitative estimate of drug-likeness (QED) is 0.873. The van der Waals surface area contributed by atoms with Crippen LogP contribution in [-0.2, 0) is 9.59 Å². The summed E-state index contributed by atoms with van der Waals surface area (Å²) in [5.74, 6) is -1.31. The number of para-hydroxylation sites is 1. The van der Waals surface area contributed by atoms with E-state index >= 15 is 0 Å². The molecule has 0 fully saturated rings. The van der Waals surface area contributed by atoms with Gasteiger partial charge in [0, 0.05) is 6.08 Å². The number of carbonyl (C=O) groups excluding carboxylic acids is 1. The molecule has 118 valence electrons. The van der Waals surface area contributed by atoms with Gasteiger partial charge in [0.05, 0.1) is 12.9 Å². The third-order valence-electron chi connectivity index (χ3n) is 3.12. The number of carbonyl (C=O) groups is 2. The number of rotatable bonds is 6. The summed E-state index contributed by atoms with van der Waals surface area (Å²) in [4.78, 5) is 24.7. The molecule has 0 radical (unpaired) electrons. The van der Waals surface area contributed by atoms with Gasteiger partial charge in [0.1, 0.15) is 17.5 Å². The van der Waals surface area contributed by atoms with Crippen molar-refractivity contribution in [1.29, 1.82) is 0 Å². The minimum atomic E-state index is -2.02. The van der Waals surface area contributed by atoms with Gasteiger partial charge < -0.3 is 14.7 Å². The molecule has 22 heavy (non-hydrogen) atoms. The Labute approximate surface area is 135 Å². The maximum absolute atomic E-state index is 12.1. The predicted octanol–water partition coefficient (Wildman–Crippen LogP) is 2.94. The van der Waals surface area contributed by atoms with E-state index in [0.29, 0.717) is 10.8 Å². The summed E-state index contributed by atoms with van der Waals surface area (Å²) >= 11 is 6.00. The Morgan fingerprint density at radius 3 is 2.77 bits per heavy atom. The predicted molar refractivity (Wildman–Crippen MR) is 82.8 cm³/mol. The molecule has 1 aromatic carbocycles. The molecule has 2 rings (SSSR count). The molecule has 1 aromatic rings. The fraction of sp³-hybridized carbons (Fsp3) is 0.375. The van der Waals surface area contributed by atoms with E-state index in [1.807, 2.05) is 0 Å². The van der Waals surface area contributed by atoms with E-state index in [9.17, 15) is 14.7 Å². The summed E-state index contributed by atoms with van der Waals surface area (Å²) in [7, 11) is 0. The van der Waals surface area contributed by atoms with Crippen LogP contribution >= 0.6 is 11.6 Å². The minimum Gasteiger partial charge on any atom is -0.480 e. The molecule has 0 aromatic heterocycles. The van der Waals surface area contributed by atoms with Crippen molar-refractivity contribution in [3.63, 3.8) is 0 Å². The molecular weight excluding hydrogens is 306 g/mol. The van der Waals surface area contributed by atoms with Crippen molar-refractivity contribution < 1.29 is 20.8 Å². The van der Waals surface area contributed by atoms with Gasteiger partial charge in [0.15, 0.2) is 0 Å². The molecule has 0 unspecified atom stereocenters. The zero-order valence-electron chi connectivity index (χ0n) is 13.4. The van der Waals surface area contributed by atoms with Crippen LogP contribution in [0.5, 0.6) is 5.75 Å². The monoisotopic (exact) mass is 324 g/mol. The van der Waals surface area contributed by atoms with Crippen molar-refractivity contribution in [3.8, 4) is 5.75 Å². The highest BCUT2D eigenvalue weighted by Gasteiger charge is 2.34. The fourth-order valence-electron chi connectivity index (χ4n) is 2.15. The second-order valence-electron chi connectivity index (χ2n) is 5.42. The van der Waals surface area contributed by atoms with E-state index in [4.69, 9.17) is 17.7 Å². The van der Waals surface area contributed by atoms with Crippen LogP contribution in [0, 0.1) is 5.92 Å². The molecule has 0 saturated heterocycles. The number of benzene rings is 1. The number of carboxylic acids is 1. The van der Waals surface area contributed by atoms with Gasteiger partial charge in [0.2, 0.25) is 0 Å². The number of nitrogens with zero attached hydrogens (tertiary/aromatic N) is 1. The first-order valence-corrected chi connectivity index (χ1v) is 7.30. The van der Waals surface area contributed by atoms with E-state index in [-0.39, 0.29) is 24.6 Å². The highest BCUT2D eigenvalue weighted by Crippen LogP contribution is 2.27. The zero-order chi connectivity index (χ0) is 17.2. The highest BCUT2D eigenvalue weighted by molar-refractivity contribution is 6.32. The Hall–Kier alpha value is -2.01. The summed E-state index contributed by atoms with van der Waals surface area (Å²) in [5, 5.41) is 9.80. The van der Waals surface area contributed by atoms with Gasteiger partial charge in [-0.3, -0.25) is 4.79 Å². The standard InChI is InChI=1S/C16H18ClNO4/c1-10(2)7-13(16(20)21)18-9-11(8-15(18)19)22-14-6-4-3-5-12(14)17/h3-6,8,10,13H,7,9H2,1-2H3,(H,20,21)/t13-/m1/s1/i13D. The summed E-state index contributed by atoms with van der Waals surface area (Å²) in [6.07, 6.45) is 1.23. The summed E-state index contributed by atoms with van der Waals surface area (Å²) < 4.78 is 13.8. The van der Waals surface area contributed by atoms with Crippen LogP contribution in [0.2, 0.25) is 5.02 Å². The third-order valence-corrected chi connectivity index (χ3v) is 3.43. The van der Waals surface area contributed by atoms with Crippen molar-refractivity contribution in [3.05, 3.63) is 41.1 Å². The van der Waals surface area contributed by atoms with E-state index < -0.39 is 17.9 Å². The molecule has 1 amide bonds. The van der Waals surface area contributed by atoms with Gasteiger partial charge in [-0.1, -0.05) is 37.6 Å². The first-order valence-electron chi connectivity index (χ1n) is 7.42. The smallest absolute Gasteiger partial charge is 0.326 e. The Morgan fingerprint density at radius 2 is 2.18 bits per heavy atom. The minimum absolute atomic E-state index is 0.0291. The van der Waals surface area contributed by atoms with Gasteiger partial charge >= 0.3 is 5.97 Å². The van der Waals surface area contributed by atoms with Crippen molar-refractivity contribution in [2.24, 2.45) is 5.92 Å². The maximum atomic E-state index is 12.1. The first kappa shape index (κ1) is 14.9. The second-order valence-corrected chi connectivity index (χ2v) is 5.82. The van der Waals surface area contributed by atoms with Crippen molar-refractivity contribution >= 4 is 23.5 Å². The number of hydrogen-bond donors (Lipinski definition) is 1. The summed E-state index contributed by atoms with van der Waals surface area (Å²) in [6.45, 7) is 3.54. The Morgan fingerprint density at radius 1 is 1.50 bits per heavy atom. The molecule has 0 saturated carbocycles. The third kappa shape index (κ3) is 3.80.